The van der Waals surface area contributed by atoms with Crippen LogP contribution in [0.15, 0.2) is 0 Å². The van der Waals surface area contributed by atoms with Gasteiger partial charge < -0.3 is 4.90 Å². The summed E-state index contributed by atoms with van der Waals surface area (Å²) in [5.74, 6) is 0.231. The third-order valence-electron chi connectivity index (χ3n) is 3.62. The predicted molar refractivity (Wildman–Crippen MR) is 68.8 cm³/mol. The summed E-state index contributed by atoms with van der Waals surface area (Å²) in [6.45, 7) is 8.16. The van der Waals surface area contributed by atoms with Crippen molar-refractivity contribution in [1.82, 2.24) is 9.80 Å². The molecular formula is C12H21BrN2O. The van der Waals surface area contributed by atoms with Gasteiger partial charge in [-0.15, -0.1) is 0 Å². The molecule has 4 heteroatoms. The van der Waals surface area contributed by atoms with Crippen LogP contribution in [0.5, 0.6) is 0 Å². The number of halogens is 1. The van der Waals surface area contributed by atoms with E-state index in [2.05, 4.69) is 20.8 Å². The molecule has 0 bridgehead atoms. The van der Waals surface area contributed by atoms with Gasteiger partial charge in [-0.05, 0) is 46.2 Å². The van der Waals surface area contributed by atoms with E-state index in [-0.39, 0.29) is 5.91 Å². The molecule has 2 saturated heterocycles. The molecule has 0 radical (unpaired) electrons. The summed E-state index contributed by atoms with van der Waals surface area (Å²) < 4.78 is -0.410. The minimum Gasteiger partial charge on any atom is -0.340 e. The van der Waals surface area contributed by atoms with E-state index in [0.29, 0.717) is 6.04 Å². The molecule has 3 nitrogen and oxygen atoms in total. The number of amides is 1. The van der Waals surface area contributed by atoms with Gasteiger partial charge in [-0.25, -0.2) is 0 Å². The van der Waals surface area contributed by atoms with Gasteiger partial charge in [0.25, 0.3) is 0 Å². The van der Waals surface area contributed by atoms with E-state index in [4.69, 9.17) is 0 Å². The number of hydrogen-bond donors (Lipinski definition) is 0. The van der Waals surface area contributed by atoms with Gasteiger partial charge in [-0.2, -0.15) is 0 Å². The van der Waals surface area contributed by atoms with E-state index < -0.39 is 4.32 Å². The summed E-state index contributed by atoms with van der Waals surface area (Å²) in [6.07, 6.45) is 3.80. The second-order valence-electron chi connectivity index (χ2n) is 5.41. The van der Waals surface area contributed by atoms with Crippen molar-refractivity contribution in [3.05, 3.63) is 0 Å². The van der Waals surface area contributed by atoms with E-state index in [1.807, 2.05) is 18.7 Å². The molecule has 2 aliphatic heterocycles. The molecule has 16 heavy (non-hydrogen) atoms. The number of hydrogen-bond acceptors (Lipinski definition) is 2. The molecule has 0 aliphatic carbocycles. The molecule has 0 spiro atoms. The fourth-order valence-corrected chi connectivity index (χ4v) is 2.96. The van der Waals surface area contributed by atoms with Crippen molar-refractivity contribution >= 4 is 21.8 Å². The molecule has 1 atom stereocenters. The van der Waals surface area contributed by atoms with Crippen molar-refractivity contribution in [3.63, 3.8) is 0 Å². The first-order valence-electron chi connectivity index (χ1n) is 6.21. The number of likely N-dealkylation sites (tertiary alicyclic amines) is 2. The number of nitrogens with zero attached hydrogens (tertiary/aromatic N) is 2. The van der Waals surface area contributed by atoms with Gasteiger partial charge in [0.1, 0.15) is 0 Å². The Morgan fingerprint density at radius 3 is 2.44 bits per heavy atom. The molecule has 2 heterocycles. The Hall–Kier alpha value is -0.0900. The Bertz CT molecular complexity index is 269. The smallest absolute Gasteiger partial charge is 0.238 e. The summed E-state index contributed by atoms with van der Waals surface area (Å²) in [7, 11) is 0. The highest BCUT2D eigenvalue weighted by Gasteiger charge is 2.36. The highest BCUT2D eigenvalue weighted by Crippen LogP contribution is 2.25. The lowest BCUT2D eigenvalue weighted by atomic mass is 10.2. The monoisotopic (exact) mass is 288 g/mol. The molecule has 2 fully saturated rings. The fraction of sp³-hybridized carbons (Fsp3) is 0.917. The second kappa shape index (κ2) is 4.65. The Kier molecular flexibility index (Phi) is 3.59. The molecule has 92 valence electrons. The zero-order valence-electron chi connectivity index (χ0n) is 10.2. The largest absolute Gasteiger partial charge is 0.340 e. The van der Waals surface area contributed by atoms with Gasteiger partial charge in [0.2, 0.25) is 5.91 Å². The number of carbonyl (C=O) groups is 1. The summed E-state index contributed by atoms with van der Waals surface area (Å²) in [5, 5.41) is 0. The molecule has 2 aliphatic rings. The lowest BCUT2D eigenvalue weighted by molar-refractivity contribution is -0.131. The molecule has 0 saturated carbocycles. The number of rotatable bonds is 2. The van der Waals surface area contributed by atoms with E-state index >= 15 is 0 Å². The molecule has 2 rings (SSSR count). The molecular weight excluding hydrogens is 268 g/mol. The van der Waals surface area contributed by atoms with Crippen molar-refractivity contribution in [2.24, 2.45) is 0 Å². The standard InChI is InChI=1S/C12H21BrN2O/c1-12(2,13)11(16)15-8-5-10(9-15)14-6-3-4-7-14/h10H,3-9H2,1-2H3. The molecule has 0 N–H and O–H groups in total. The zero-order chi connectivity index (χ0) is 11.8. The van der Waals surface area contributed by atoms with Gasteiger partial charge in [0.05, 0.1) is 4.32 Å². The SMILES string of the molecule is CC(C)(Br)C(=O)N1CCC(N2CCCC2)C1. The van der Waals surface area contributed by atoms with E-state index in [0.717, 1.165) is 19.5 Å². The summed E-state index contributed by atoms with van der Waals surface area (Å²) in [5.41, 5.74) is 0. The first kappa shape index (κ1) is 12.4. The first-order valence-corrected chi connectivity index (χ1v) is 7.00. The van der Waals surface area contributed by atoms with Crippen LogP contribution in [0.3, 0.4) is 0 Å². The van der Waals surface area contributed by atoms with Gasteiger partial charge in [-0.3, -0.25) is 9.69 Å². The van der Waals surface area contributed by atoms with Gasteiger partial charge in [0, 0.05) is 19.1 Å². The summed E-state index contributed by atoms with van der Waals surface area (Å²) in [4.78, 5) is 16.6. The van der Waals surface area contributed by atoms with Gasteiger partial charge in [0.15, 0.2) is 0 Å². The maximum atomic E-state index is 12.1. The van der Waals surface area contributed by atoms with Crippen LogP contribution in [-0.2, 0) is 4.79 Å². The van der Waals surface area contributed by atoms with Crippen LogP contribution in [0.1, 0.15) is 33.1 Å². The maximum absolute atomic E-state index is 12.1. The first-order chi connectivity index (χ1) is 7.48. The predicted octanol–water partition coefficient (Wildman–Crippen LogP) is 1.86. The van der Waals surface area contributed by atoms with Gasteiger partial charge >= 0.3 is 0 Å². The normalized spacial score (nSPS) is 27.7. The van der Waals surface area contributed by atoms with Crippen LogP contribution in [0.2, 0.25) is 0 Å². The van der Waals surface area contributed by atoms with Crippen LogP contribution >= 0.6 is 15.9 Å². The third-order valence-corrected chi connectivity index (χ3v) is 3.96. The lowest BCUT2D eigenvalue weighted by Gasteiger charge is -2.26. The lowest BCUT2D eigenvalue weighted by Crippen LogP contribution is -2.42. The third kappa shape index (κ3) is 2.59. The Morgan fingerprint density at radius 1 is 1.25 bits per heavy atom. The minimum atomic E-state index is -0.410. The van der Waals surface area contributed by atoms with Crippen LogP contribution < -0.4 is 0 Å². The van der Waals surface area contributed by atoms with E-state index in [9.17, 15) is 4.79 Å². The summed E-state index contributed by atoms with van der Waals surface area (Å²) >= 11 is 3.45. The van der Waals surface area contributed by atoms with Crippen molar-refractivity contribution < 1.29 is 4.79 Å². The minimum absolute atomic E-state index is 0.231. The van der Waals surface area contributed by atoms with Crippen molar-refractivity contribution in [1.29, 1.82) is 0 Å². The Morgan fingerprint density at radius 2 is 1.88 bits per heavy atom. The van der Waals surface area contributed by atoms with Gasteiger partial charge in [-0.1, -0.05) is 15.9 Å². The Balaban J connectivity index is 1.90. The fourth-order valence-electron chi connectivity index (χ4n) is 2.71. The zero-order valence-corrected chi connectivity index (χ0v) is 11.8. The van der Waals surface area contributed by atoms with Crippen molar-refractivity contribution in [2.75, 3.05) is 26.2 Å². The summed E-state index contributed by atoms with van der Waals surface area (Å²) in [6, 6.07) is 0.612. The second-order valence-corrected chi connectivity index (χ2v) is 7.39. The number of carbonyl (C=O) groups excluding carboxylic acids is 1. The van der Waals surface area contributed by atoms with E-state index in [1.54, 1.807) is 0 Å². The quantitative estimate of drug-likeness (QED) is 0.724. The average molecular weight is 289 g/mol. The molecule has 1 unspecified atom stereocenters. The van der Waals surface area contributed by atoms with Crippen molar-refractivity contribution in [3.8, 4) is 0 Å². The van der Waals surface area contributed by atoms with Crippen LogP contribution in [0, 0.1) is 0 Å². The van der Waals surface area contributed by atoms with Crippen LogP contribution in [0.4, 0.5) is 0 Å². The highest BCUT2D eigenvalue weighted by atomic mass is 79.9. The topological polar surface area (TPSA) is 23.6 Å². The molecule has 0 aromatic carbocycles. The van der Waals surface area contributed by atoms with Crippen molar-refractivity contribution in [2.45, 2.75) is 43.5 Å². The molecule has 0 aromatic rings. The Labute approximate surface area is 106 Å². The molecule has 0 aromatic heterocycles. The molecule has 1 amide bonds. The maximum Gasteiger partial charge on any atom is 0.238 e. The highest BCUT2D eigenvalue weighted by molar-refractivity contribution is 9.10. The number of alkyl halides is 1. The van der Waals surface area contributed by atoms with E-state index in [1.165, 1.54) is 25.9 Å². The average Bonchev–Trinajstić information content (AvgIpc) is 2.85. The van der Waals surface area contributed by atoms with Crippen LogP contribution in [0.25, 0.3) is 0 Å². The van der Waals surface area contributed by atoms with Crippen LogP contribution in [-0.4, -0.2) is 52.3 Å².